The van der Waals surface area contributed by atoms with Crippen LogP contribution in [0.1, 0.15) is 33.6 Å². The standard InChI is InChI=1S/C13H27NOS2/c1-10-12(17-9-8-16-10)11(14-4)6-7-13(2,3)15-5/h10-12,14H,6-9H2,1-5H3. The molecular weight excluding hydrogens is 250 g/mol. The van der Waals surface area contributed by atoms with Gasteiger partial charge in [-0.2, -0.15) is 23.5 Å². The van der Waals surface area contributed by atoms with Gasteiger partial charge >= 0.3 is 0 Å². The third-order valence-corrected chi connectivity index (χ3v) is 6.87. The Bertz CT molecular complexity index is 223. The third-order valence-electron chi connectivity index (χ3n) is 3.61. The summed E-state index contributed by atoms with van der Waals surface area (Å²) in [5.74, 6) is 2.61. The number of hydrogen-bond donors (Lipinski definition) is 1. The minimum Gasteiger partial charge on any atom is -0.379 e. The van der Waals surface area contributed by atoms with Crippen LogP contribution in [0.5, 0.6) is 0 Å². The predicted molar refractivity (Wildman–Crippen MR) is 81.3 cm³/mol. The van der Waals surface area contributed by atoms with Gasteiger partial charge < -0.3 is 10.1 Å². The Labute approximate surface area is 115 Å². The molecule has 2 nitrogen and oxygen atoms in total. The van der Waals surface area contributed by atoms with Crippen molar-refractivity contribution in [2.45, 2.75) is 55.8 Å². The van der Waals surface area contributed by atoms with Gasteiger partial charge in [-0.05, 0) is 33.7 Å². The Hall–Kier alpha value is 0.620. The summed E-state index contributed by atoms with van der Waals surface area (Å²) in [6, 6.07) is 0.609. The molecule has 1 heterocycles. The van der Waals surface area contributed by atoms with Crippen LogP contribution in [0.4, 0.5) is 0 Å². The second-order valence-electron chi connectivity index (χ2n) is 5.31. The van der Waals surface area contributed by atoms with Crippen molar-refractivity contribution in [3.8, 4) is 0 Å². The van der Waals surface area contributed by atoms with E-state index in [4.69, 9.17) is 4.74 Å². The molecule has 0 bridgehead atoms. The Balaban J connectivity index is 2.47. The molecule has 0 spiro atoms. The summed E-state index contributed by atoms with van der Waals surface area (Å²) >= 11 is 4.25. The summed E-state index contributed by atoms with van der Waals surface area (Å²) in [7, 11) is 3.90. The highest BCUT2D eigenvalue weighted by atomic mass is 32.2. The fourth-order valence-electron chi connectivity index (χ4n) is 2.17. The number of rotatable bonds is 6. The van der Waals surface area contributed by atoms with Crippen LogP contribution in [0.15, 0.2) is 0 Å². The van der Waals surface area contributed by atoms with E-state index in [0.717, 1.165) is 16.9 Å². The smallest absolute Gasteiger partial charge is 0.0623 e. The largest absolute Gasteiger partial charge is 0.379 e. The van der Waals surface area contributed by atoms with Gasteiger partial charge in [0.1, 0.15) is 0 Å². The van der Waals surface area contributed by atoms with E-state index >= 15 is 0 Å². The Morgan fingerprint density at radius 2 is 2.00 bits per heavy atom. The lowest BCUT2D eigenvalue weighted by molar-refractivity contribution is 0.0118. The van der Waals surface area contributed by atoms with Crippen LogP contribution < -0.4 is 5.32 Å². The Kier molecular flexibility index (Phi) is 6.70. The summed E-state index contributed by atoms with van der Waals surface area (Å²) in [4.78, 5) is 0. The number of thioether (sulfide) groups is 2. The minimum absolute atomic E-state index is 0.00478. The van der Waals surface area contributed by atoms with Gasteiger partial charge in [-0.25, -0.2) is 0 Å². The quantitative estimate of drug-likeness (QED) is 0.805. The predicted octanol–water partition coefficient (Wildman–Crippen LogP) is 3.02. The van der Waals surface area contributed by atoms with Crippen LogP contribution in [0.3, 0.4) is 0 Å². The van der Waals surface area contributed by atoms with E-state index in [-0.39, 0.29) is 5.60 Å². The van der Waals surface area contributed by atoms with E-state index in [1.165, 1.54) is 17.9 Å². The molecule has 17 heavy (non-hydrogen) atoms. The number of ether oxygens (including phenoxy) is 1. The summed E-state index contributed by atoms with van der Waals surface area (Å²) in [6.07, 6.45) is 2.31. The SMILES string of the molecule is CNC(CCC(C)(C)OC)C1SCCSC1C. The first kappa shape index (κ1) is 15.7. The maximum atomic E-state index is 5.51. The third kappa shape index (κ3) is 5.01. The zero-order valence-electron chi connectivity index (χ0n) is 11.8. The minimum atomic E-state index is 0.00478. The fourth-order valence-corrected chi connectivity index (χ4v) is 5.21. The van der Waals surface area contributed by atoms with E-state index in [2.05, 4.69) is 56.7 Å². The van der Waals surface area contributed by atoms with Crippen molar-refractivity contribution >= 4 is 23.5 Å². The van der Waals surface area contributed by atoms with Crippen molar-refractivity contribution < 1.29 is 4.74 Å². The molecule has 1 fully saturated rings. The monoisotopic (exact) mass is 277 g/mol. The highest BCUT2D eigenvalue weighted by Gasteiger charge is 2.30. The highest BCUT2D eigenvalue weighted by Crippen LogP contribution is 2.34. The first-order valence-electron chi connectivity index (χ1n) is 6.46. The highest BCUT2D eigenvalue weighted by molar-refractivity contribution is 8.07. The lowest BCUT2D eigenvalue weighted by Gasteiger charge is -2.36. The molecule has 0 saturated carbocycles. The lowest BCUT2D eigenvalue weighted by Crippen LogP contribution is -2.43. The summed E-state index contributed by atoms with van der Waals surface area (Å²) in [5.41, 5.74) is 0.00478. The van der Waals surface area contributed by atoms with Crippen LogP contribution >= 0.6 is 23.5 Å². The fraction of sp³-hybridized carbons (Fsp3) is 1.00. The zero-order chi connectivity index (χ0) is 12.9. The molecule has 0 aliphatic carbocycles. The van der Waals surface area contributed by atoms with Crippen molar-refractivity contribution in [2.75, 3.05) is 25.7 Å². The van der Waals surface area contributed by atoms with Gasteiger partial charge in [0, 0.05) is 35.2 Å². The topological polar surface area (TPSA) is 21.3 Å². The first-order chi connectivity index (χ1) is 8.00. The van der Waals surface area contributed by atoms with Crippen LogP contribution in [-0.2, 0) is 4.74 Å². The molecule has 4 heteroatoms. The van der Waals surface area contributed by atoms with Crippen molar-refractivity contribution in [3.63, 3.8) is 0 Å². The van der Waals surface area contributed by atoms with E-state index in [1.54, 1.807) is 0 Å². The second kappa shape index (κ2) is 7.27. The zero-order valence-corrected chi connectivity index (χ0v) is 13.4. The molecule has 1 aliphatic heterocycles. The summed E-state index contributed by atoms with van der Waals surface area (Å²) < 4.78 is 5.51. The Morgan fingerprint density at radius 1 is 1.35 bits per heavy atom. The molecule has 0 amide bonds. The van der Waals surface area contributed by atoms with Crippen molar-refractivity contribution in [2.24, 2.45) is 0 Å². The lowest BCUT2D eigenvalue weighted by atomic mass is 9.96. The van der Waals surface area contributed by atoms with E-state index in [9.17, 15) is 0 Å². The second-order valence-corrected chi connectivity index (χ2v) is 8.08. The molecule has 0 aromatic heterocycles. The van der Waals surface area contributed by atoms with E-state index in [0.29, 0.717) is 6.04 Å². The van der Waals surface area contributed by atoms with Gasteiger partial charge in [0.25, 0.3) is 0 Å². The van der Waals surface area contributed by atoms with Crippen LogP contribution in [0, 0.1) is 0 Å². The van der Waals surface area contributed by atoms with Crippen LogP contribution in [0.2, 0.25) is 0 Å². The molecule has 0 radical (unpaired) electrons. The van der Waals surface area contributed by atoms with Crippen molar-refractivity contribution in [1.82, 2.24) is 5.32 Å². The summed E-state index contributed by atoms with van der Waals surface area (Å²) in [5, 5.41) is 5.01. The molecule has 1 rings (SSSR count). The van der Waals surface area contributed by atoms with Gasteiger partial charge in [-0.15, -0.1) is 0 Å². The van der Waals surface area contributed by atoms with Crippen molar-refractivity contribution in [1.29, 1.82) is 0 Å². The van der Waals surface area contributed by atoms with Crippen LogP contribution in [0.25, 0.3) is 0 Å². The van der Waals surface area contributed by atoms with Gasteiger partial charge in [-0.3, -0.25) is 0 Å². The average Bonchev–Trinajstić information content (AvgIpc) is 2.32. The Morgan fingerprint density at radius 3 is 2.53 bits per heavy atom. The molecule has 102 valence electrons. The molecule has 1 saturated heterocycles. The first-order valence-corrected chi connectivity index (χ1v) is 8.55. The number of nitrogens with one attached hydrogen (secondary N) is 1. The van der Waals surface area contributed by atoms with E-state index in [1.807, 2.05) is 7.11 Å². The maximum absolute atomic E-state index is 5.51. The molecule has 3 atom stereocenters. The maximum Gasteiger partial charge on any atom is 0.0623 e. The summed E-state index contributed by atoms with van der Waals surface area (Å²) in [6.45, 7) is 6.71. The van der Waals surface area contributed by atoms with Gasteiger partial charge in [0.05, 0.1) is 5.60 Å². The molecular formula is C13H27NOS2. The van der Waals surface area contributed by atoms with Gasteiger partial charge in [0.15, 0.2) is 0 Å². The molecule has 0 aromatic rings. The van der Waals surface area contributed by atoms with Crippen molar-refractivity contribution in [3.05, 3.63) is 0 Å². The normalized spacial score (nSPS) is 28.1. The van der Waals surface area contributed by atoms with Gasteiger partial charge in [-0.1, -0.05) is 6.92 Å². The molecule has 1 aliphatic rings. The molecule has 0 aromatic carbocycles. The number of methoxy groups -OCH3 is 1. The average molecular weight is 277 g/mol. The molecule has 1 N–H and O–H groups in total. The molecule has 3 unspecified atom stereocenters. The van der Waals surface area contributed by atoms with Gasteiger partial charge in [0.2, 0.25) is 0 Å². The number of hydrogen-bond acceptors (Lipinski definition) is 4. The van der Waals surface area contributed by atoms with Crippen LogP contribution in [-0.4, -0.2) is 47.8 Å². The van der Waals surface area contributed by atoms with E-state index < -0.39 is 0 Å².